The van der Waals surface area contributed by atoms with Crippen molar-refractivity contribution in [2.45, 2.75) is 31.2 Å². The molecule has 4 nitrogen and oxygen atoms in total. The molecule has 1 N–H and O–H groups in total. The van der Waals surface area contributed by atoms with Crippen LogP contribution >= 0.6 is 11.8 Å². The number of hydrogen-bond donors (Lipinski definition) is 1. The molecule has 0 unspecified atom stereocenters. The fourth-order valence-electron chi connectivity index (χ4n) is 1.69. The van der Waals surface area contributed by atoms with Crippen molar-refractivity contribution in [2.24, 2.45) is 5.92 Å². The van der Waals surface area contributed by atoms with Gasteiger partial charge in [-0.2, -0.15) is 0 Å². The molecule has 0 radical (unpaired) electrons. The third-order valence-electron chi connectivity index (χ3n) is 2.86. The SMILES string of the molecule is COC(=O)[C@@H](NC(=O)CCSc1ccccc1F)C(C)C. The Morgan fingerprint density at radius 1 is 1.33 bits per heavy atom. The number of ether oxygens (including phenoxy) is 1. The van der Waals surface area contributed by atoms with Gasteiger partial charge in [-0.3, -0.25) is 4.79 Å². The molecule has 21 heavy (non-hydrogen) atoms. The summed E-state index contributed by atoms with van der Waals surface area (Å²) in [5.41, 5.74) is 0. The van der Waals surface area contributed by atoms with Gasteiger partial charge in [0.15, 0.2) is 0 Å². The monoisotopic (exact) mass is 313 g/mol. The van der Waals surface area contributed by atoms with E-state index in [-0.39, 0.29) is 24.1 Å². The van der Waals surface area contributed by atoms with Crippen LogP contribution in [0.2, 0.25) is 0 Å². The number of thioether (sulfide) groups is 1. The average molecular weight is 313 g/mol. The second kappa shape index (κ2) is 8.67. The van der Waals surface area contributed by atoms with Gasteiger partial charge in [-0.1, -0.05) is 26.0 Å². The highest BCUT2D eigenvalue weighted by Gasteiger charge is 2.24. The molecule has 1 atom stereocenters. The molecule has 116 valence electrons. The van der Waals surface area contributed by atoms with E-state index in [2.05, 4.69) is 10.1 Å². The van der Waals surface area contributed by atoms with Crippen LogP contribution < -0.4 is 5.32 Å². The van der Waals surface area contributed by atoms with E-state index in [1.165, 1.54) is 24.9 Å². The van der Waals surface area contributed by atoms with E-state index in [1.807, 2.05) is 13.8 Å². The number of esters is 1. The smallest absolute Gasteiger partial charge is 0.328 e. The van der Waals surface area contributed by atoms with Crippen LogP contribution in [0.4, 0.5) is 4.39 Å². The van der Waals surface area contributed by atoms with Crippen LogP contribution in [0.15, 0.2) is 29.2 Å². The van der Waals surface area contributed by atoms with Gasteiger partial charge in [0.1, 0.15) is 11.9 Å². The molecule has 0 bridgehead atoms. The van der Waals surface area contributed by atoms with Gasteiger partial charge in [0.2, 0.25) is 5.91 Å². The van der Waals surface area contributed by atoms with Gasteiger partial charge in [0.25, 0.3) is 0 Å². The Balaban J connectivity index is 2.43. The molecule has 0 fully saturated rings. The molecule has 1 aromatic rings. The minimum atomic E-state index is -0.652. The molecule has 6 heteroatoms. The number of rotatable bonds is 7. The van der Waals surface area contributed by atoms with E-state index < -0.39 is 12.0 Å². The molecule has 0 aliphatic heterocycles. The van der Waals surface area contributed by atoms with Crippen LogP contribution in [0, 0.1) is 11.7 Å². The maximum Gasteiger partial charge on any atom is 0.328 e. The summed E-state index contributed by atoms with van der Waals surface area (Å²) in [7, 11) is 1.29. The van der Waals surface area contributed by atoms with E-state index in [0.29, 0.717) is 10.6 Å². The van der Waals surface area contributed by atoms with Crippen molar-refractivity contribution in [1.82, 2.24) is 5.32 Å². The lowest BCUT2D eigenvalue weighted by atomic mass is 10.0. The Kier molecular flexibility index (Phi) is 7.22. The summed E-state index contributed by atoms with van der Waals surface area (Å²) in [6.45, 7) is 3.66. The van der Waals surface area contributed by atoms with E-state index >= 15 is 0 Å². The second-order valence-corrected chi connectivity index (χ2v) is 5.98. The minimum Gasteiger partial charge on any atom is -0.467 e. The van der Waals surface area contributed by atoms with Crippen molar-refractivity contribution in [2.75, 3.05) is 12.9 Å². The van der Waals surface area contributed by atoms with Crippen molar-refractivity contribution in [3.63, 3.8) is 0 Å². The Labute approximate surface area is 128 Å². The summed E-state index contributed by atoms with van der Waals surface area (Å²) in [6, 6.07) is 5.77. The quantitative estimate of drug-likeness (QED) is 0.621. The molecule has 0 aliphatic rings. The van der Waals surface area contributed by atoms with Crippen LogP contribution in [0.5, 0.6) is 0 Å². The number of halogens is 1. The van der Waals surface area contributed by atoms with Crippen molar-refractivity contribution < 1.29 is 18.7 Å². The number of carbonyl (C=O) groups is 2. The molecular weight excluding hydrogens is 293 g/mol. The summed E-state index contributed by atoms with van der Waals surface area (Å²) < 4.78 is 18.1. The van der Waals surface area contributed by atoms with Crippen molar-refractivity contribution in [1.29, 1.82) is 0 Å². The predicted molar refractivity (Wildman–Crippen MR) is 80.5 cm³/mol. The molecule has 0 saturated carbocycles. The lowest BCUT2D eigenvalue weighted by Crippen LogP contribution is -2.45. The van der Waals surface area contributed by atoms with Crippen molar-refractivity contribution in [3.05, 3.63) is 30.1 Å². The number of carbonyl (C=O) groups excluding carboxylic acids is 2. The number of hydrogen-bond acceptors (Lipinski definition) is 4. The summed E-state index contributed by atoms with van der Waals surface area (Å²) in [5, 5.41) is 2.65. The number of nitrogens with one attached hydrogen (secondary N) is 1. The fourth-order valence-corrected chi connectivity index (χ4v) is 2.57. The maximum absolute atomic E-state index is 13.4. The first-order chi connectivity index (χ1) is 9.95. The second-order valence-electron chi connectivity index (χ2n) is 4.84. The van der Waals surface area contributed by atoms with Gasteiger partial charge in [-0.25, -0.2) is 9.18 Å². The van der Waals surface area contributed by atoms with Gasteiger partial charge in [-0.05, 0) is 18.1 Å². The van der Waals surface area contributed by atoms with Gasteiger partial charge >= 0.3 is 5.97 Å². The molecule has 0 aliphatic carbocycles. The van der Waals surface area contributed by atoms with Crippen LogP contribution in [0.3, 0.4) is 0 Å². The summed E-state index contributed by atoms with van der Waals surface area (Å²) >= 11 is 1.27. The zero-order valence-corrected chi connectivity index (χ0v) is 13.2. The van der Waals surface area contributed by atoms with E-state index in [9.17, 15) is 14.0 Å². The topological polar surface area (TPSA) is 55.4 Å². The molecular formula is C15H20FNO3S. The first kappa shape index (κ1) is 17.5. The third kappa shape index (κ3) is 5.75. The van der Waals surface area contributed by atoms with Gasteiger partial charge in [-0.15, -0.1) is 11.8 Å². The average Bonchev–Trinajstić information content (AvgIpc) is 2.45. The van der Waals surface area contributed by atoms with Gasteiger partial charge < -0.3 is 10.1 Å². The number of methoxy groups -OCH3 is 1. The minimum absolute atomic E-state index is 0.0550. The molecule has 1 aromatic carbocycles. The Morgan fingerprint density at radius 3 is 2.57 bits per heavy atom. The zero-order valence-electron chi connectivity index (χ0n) is 12.4. The Bertz CT molecular complexity index is 494. The zero-order chi connectivity index (χ0) is 15.8. The molecule has 0 aromatic heterocycles. The number of amides is 1. The van der Waals surface area contributed by atoms with E-state index in [1.54, 1.807) is 18.2 Å². The van der Waals surface area contributed by atoms with Gasteiger partial charge in [0.05, 0.1) is 7.11 Å². The fraction of sp³-hybridized carbons (Fsp3) is 0.467. The van der Waals surface area contributed by atoms with Crippen LogP contribution in [-0.4, -0.2) is 30.8 Å². The van der Waals surface area contributed by atoms with Crippen LogP contribution in [0.25, 0.3) is 0 Å². The number of benzene rings is 1. The predicted octanol–water partition coefficient (Wildman–Crippen LogP) is 2.62. The maximum atomic E-state index is 13.4. The summed E-state index contributed by atoms with van der Waals surface area (Å²) in [6.07, 6.45) is 0.208. The van der Waals surface area contributed by atoms with Crippen molar-refractivity contribution in [3.8, 4) is 0 Å². The highest BCUT2D eigenvalue weighted by molar-refractivity contribution is 7.99. The molecule has 0 heterocycles. The highest BCUT2D eigenvalue weighted by atomic mass is 32.2. The molecule has 0 saturated heterocycles. The normalized spacial score (nSPS) is 12.0. The molecule has 1 amide bonds. The largest absolute Gasteiger partial charge is 0.467 e. The Morgan fingerprint density at radius 2 is 2.00 bits per heavy atom. The van der Waals surface area contributed by atoms with Crippen molar-refractivity contribution >= 4 is 23.6 Å². The molecule has 0 spiro atoms. The third-order valence-corrected chi connectivity index (χ3v) is 3.91. The van der Waals surface area contributed by atoms with E-state index in [4.69, 9.17) is 0 Å². The first-order valence-corrected chi connectivity index (χ1v) is 7.68. The first-order valence-electron chi connectivity index (χ1n) is 6.70. The van der Waals surface area contributed by atoms with E-state index in [0.717, 1.165) is 0 Å². The lowest BCUT2D eigenvalue weighted by molar-refractivity contribution is -0.146. The molecule has 1 rings (SSSR count). The Hall–Kier alpha value is -1.56. The summed E-state index contributed by atoms with van der Waals surface area (Å²) in [4.78, 5) is 23.9. The van der Waals surface area contributed by atoms with Gasteiger partial charge in [0, 0.05) is 17.1 Å². The standard InChI is InChI=1S/C15H20FNO3S/c1-10(2)14(15(19)20-3)17-13(18)8-9-21-12-7-5-4-6-11(12)16/h4-7,10,14H,8-9H2,1-3H3,(H,17,18)/t14-/m0/s1. The summed E-state index contributed by atoms with van der Waals surface area (Å²) in [5.74, 6) is -0.611. The van der Waals surface area contributed by atoms with Crippen LogP contribution in [0.1, 0.15) is 20.3 Å². The lowest BCUT2D eigenvalue weighted by Gasteiger charge is -2.19. The van der Waals surface area contributed by atoms with Crippen LogP contribution in [-0.2, 0) is 14.3 Å². The highest BCUT2D eigenvalue weighted by Crippen LogP contribution is 2.21.